The maximum absolute atomic E-state index is 12.1. The smallest absolute Gasteiger partial charge is 0.282 e. The summed E-state index contributed by atoms with van der Waals surface area (Å²) in [6.07, 6.45) is 2.42. The van der Waals surface area contributed by atoms with Gasteiger partial charge in [-0.3, -0.25) is 19.8 Å². The average Bonchev–Trinajstić information content (AvgIpc) is 3.27. The van der Waals surface area contributed by atoms with E-state index < -0.39 is 10.8 Å². The number of nitrogen functional groups attached to an aromatic ring is 1. The van der Waals surface area contributed by atoms with Crippen LogP contribution >= 0.6 is 0 Å². The molecule has 0 atom stereocenters. The number of likely N-dealkylation sites (N-methyl/N-ethyl adjacent to an activating group) is 1. The van der Waals surface area contributed by atoms with E-state index in [0.29, 0.717) is 18.3 Å². The molecule has 0 heterocycles. The van der Waals surface area contributed by atoms with Crippen molar-refractivity contribution >= 4 is 17.3 Å². The van der Waals surface area contributed by atoms with Crippen molar-refractivity contribution in [2.24, 2.45) is 0 Å². The van der Waals surface area contributed by atoms with E-state index >= 15 is 0 Å². The number of nitrogens with two attached hydrogens (primary N) is 1. The summed E-state index contributed by atoms with van der Waals surface area (Å²) >= 11 is 0. The number of rotatable bonds is 7. The Morgan fingerprint density at radius 2 is 2.24 bits per heavy atom. The van der Waals surface area contributed by atoms with E-state index in [1.54, 1.807) is 0 Å². The van der Waals surface area contributed by atoms with Gasteiger partial charge in [-0.2, -0.15) is 0 Å². The molecule has 1 fully saturated rings. The molecule has 1 aromatic rings. The second kappa shape index (κ2) is 6.53. The zero-order valence-corrected chi connectivity index (χ0v) is 12.0. The van der Waals surface area contributed by atoms with E-state index in [4.69, 9.17) is 5.73 Å². The number of nitrogens with one attached hydrogen (secondary N) is 1. The summed E-state index contributed by atoms with van der Waals surface area (Å²) in [5, 5.41) is 13.7. The highest BCUT2D eigenvalue weighted by Crippen LogP contribution is 2.26. The Labute approximate surface area is 123 Å². The van der Waals surface area contributed by atoms with Gasteiger partial charge in [0.15, 0.2) is 0 Å². The summed E-state index contributed by atoms with van der Waals surface area (Å²) in [5.41, 5.74) is 5.72. The topological polar surface area (TPSA) is 102 Å². The van der Waals surface area contributed by atoms with E-state index in [0.717, 1.165) is 13.1 Å². The molecule has 1 aliphatic rings. The first-order valence-electron chi connectivity index (χ1n) is 7.09. The molecule has 1 saturated carbocycles. The second-order valence-electron chi connectivity index (χ2n) is 5.15. The van der Waals surface area contributed by atoms with Crippen molar-refractivity contribution < 1.29 is 9.72 Å². The highest BCUT2D eigenvalue weighted by atomic mass is 16.6. The molecule has 7 nitrogen and oxygen atoms in total. The van der Waals surface area contributed by atoms with Gasteiger partial charge in [0.1, 0.15) is 5.56 Å². The van der Waals surface area contributed by atoms with Crippen LogP contribution in [-0.2, 0) is 0 Å². The van der Waals surface area contributed by atoms with Gasteiger partial charge in [0.25, 0.3) is 11.6 Å². The fourth-order valence-corrected chi connectivity index (χ4v) is 2.34. The fourth-order valence-electron chi connectivity index (χ4n) is 2.34. The lowest BCUT2D eigenvalue weighted by Crippen LogP contribution is -2.36. The van der Waals surface area contributed by atoms with Crippen LogP contribution in [0.2, 0.25) is 0 Å². The minimum atomic E-state index is -0.573. The lowest BCUT2D eigenvalue weighted by Gasteiger charge is -2.19. The molecule has 0 unspecified atom stereocenters. The summed E-state index contributed by atoms with van der Waals surface area (Å²) in [5.74, 6) is -0.458. The van der Waals surface area contributed by atoms with Gasteiger partial charge in [-0.25, -0.2) is 0 Å². The highest BCUT2D eigenvalue weighted by Gasteiger charge is 2.27. The third kappa shape index (κ3) is 3.91. The van der Waals surface area contributed by atoms with Crippen molar-refractivity contribution in [2.75, 3.05) is 25.4 Å². The Morgan fingerprint density at radius 3 is 2.81 bits per heavy atom. The molecular formula is C14H20N4O3. The highest BCUT2D eigenvalue weighted by molar-refractivity contribution is 5.99. The van der Waals surface area contributed by atoms with Gasteiger partial charge < -0.3 is 11.1 Å². The number of benzene rings is 1. The Bertz CT molecular complexity index is 543. The van der Waals surface area contributed by atoms with Gasteiger partial charge in [0.05, 0.1) is 4.92 Å². The number of hydrogen-bond donors (Lipinski definition) is 2. The molecular weight excluding hydrogens is 272 g/mol. The Hall–Kier alpha value is -2.15. The summed E-state index contributed by atoms with van der Waals surface area (Å²) in [6, 6.07) is 4.65. The van der Waals surface area contributed by atoms with Crippen LogP contribution in [0.25, 0.3) is 0 Å². The third-order valence-corrected chi connectivity index (χ3v) is 3.62. The van der Waals surface area contributed by atoms with E-state index in [1.807, 2.05) is 0 Å². The van der Waals surface area contributed by atoms with Crippen molar-refractivity contribution in [1.82, 2.24) is 10.2 Å². The number of nitro groups is 1. The summed E-state index contributed by atoms with van der Waals surface area (Å²) < 4.78 is 0. The van der Waals surface area contributed by atoms with E-state index in [9.17, 15) is 14.9 Å². The molecule has 114 valence electrons. The van der Waals surface area contributed by atoms with Crippen LogP contribution < -0.4 is 11.1 Å². The number of amides is 1. The van der Waals surface area contributed by atoms with Crippen LogP contribution in [0.15, 0.2) is 18.2 Å². The SMILES string of the molecule is CCN(CCNC(=O)c1cc(N)ccc1[N+](=O)[O-])C1CC1. The number of carbonyl (C=O) groups excluding carboxylic acids is 1. The zero-order valence-electron chi connectivity index (χ0n) is 12.0. The minimum Gasteiger partial charge on any atom is -0.399 e. The molecule has 7 heteroatoms. The Balaban J connectivity index is 1.96. The second-order valence-corrected chi connectivity index (χ2v) is 5.15. The van der Waals surface area contributed by atoms with Crippen LogP contribution in [0.3, 0.4) is 0 Å². The number of nitrogens with zero attached hydrogens (tertiary/aromatic N) is 2. The molecule has 0 saturated heterocycles. The molecule has 1 amide bonds. The third-order valence-electron chi connectivity index (χ3n) is 3.62. The fraction of sp³-hybridized carbons (Fsp3) is 0.500. The zero-order chi connectivity index (χ0) is 15.4. The quantitative estimate of drug-likeness (QED) is 0.449. The number of anilines is 1. The number of carbonyl (C=O) groups is 1. The molecule has 0 radical (unpaired) electrons. The van der Waals surface area contributed by atoms with Crippen molar-refractivity contribution in [1.29, 1.82) is 0 Å². The molecule has 21 heavy (non-hydrogen) atoms. The Kier molecular flexibility index (Phi) is 4.74. The number of hydrogen-bond acceptors (Lipinski definition) is 5. The first kappa shape index (κ1) is 15.2. The lowest BCUT2D eigenvalue weighted by molar-refractivity contribution is -0.385. The van der Waals surface area contributed by atoms with Crippen molar-refractivity contribution in [3.63, 3.8) is 0 Å². The van der Waals surface area contributed by atoms with Gasteiger partial charge in [0, 0.05) is 30.9 Å². The standard InChI is InChI=1S/C14H20N4O3/c1-2-17(11-4-5-11)8-7-16-14(19)12-9-10(15)3-6-13(12)18(20)21/h3,6,9,11H,2,4-5,7-8,15H2,1H3,(H,16,19). The van der Waals surface area contributed by atoms with Crippen LogP contribution in [0.5, 0.6) is 0 Å². The molecule has 1 aromatic carbocycles. The predicted molar refractivity (Wildman–Crippen MR) is 80.1 cm³/mol. The van der Waals surface area contributed by atoms with Crippen molar-refractivity contribution in [3.8, 4) is 0 Å². The van der Waals surface area contributed by atoms with E-state index in [2.05, 4.69) is 17.1 Å². The van der Waals surface area contributed by atoms with Gasteiger partial charge in [-0.05, 0) is 31.5 Å². The monoisotopic (exact) mass is 292 g/mol. The summed E-state index contributed by atoms with van der Waals surface area (Å²) in [4.78, 5) is 24.8. The van der Waals surface area contributed by atoms with E-state index in [1.165, 1.54) is 31.0 Å². The molecule has 1 aliphatic carbocycles. The first-order valence-corrected chi connectivity index (χ1v) is 7.09. The molecule has 0 spiro atoms. The molecule has 0 aliphatic heterocycles. The van der Waals surface area contributed by atoms with Gasteiger partial charge in [-0.1, -0.05) is 6.92 Å². The van der Waals surface area contributed by atoms with Crippen LogP contribution in [0.4, 0.5) is 11.4 Å². The van der Waals surface area contributed by atoms with Crippen LogP contribution in [0.1, 0.15) is 30.1 Å². The summed E-state index contributed by atoms with van der Waals surface area (Å²) in [6.45, 7) is 4.25. The molecule has 0 aromatic heterocycles. The maximum Gasteiger partial charge on any atom is 0.282 e. The van der Waals surface area contributed by atoms with Gasteiger partial charge >= 0.3 is 0 Å². The van der Waals surface area contributed by atoms with Gasteiger partial charge in [-0.15, -0.1) is 0 Å². The van der Waals surface area contributed by atoms with E-state index in [-0.39, 0.29) is 11.3 Å². The lowest BCUT2D eigenvalue weighted by atomic mass is 10.1. The maximum atomic E-state index is 12.1. The normalized spacial score (nSPS) is 14.2. The minimum absolute atomic E-state index is 0.00877. The van der Waals surface area contributed by atoms with Crippen LogP contribution in [-0.4, -0.2) is 41.4 Å². The van der Waals surface area contributed by atoms with Crippen LogP contribution in [0, 0.1) is 10.1 Å². The average molecular weight is 292 g/mol. The molecule has 2 rings (SSSR count). The molecule has 3 N–H and O–H groups in total. The largest absolute Gasteiger partial charge is 0.399 e. The predicted octanol–water partition coefficient (Wildman–Crippen LogP) is 1.39. The Morgan fingerprint density at radius 1 is 1.52 bits per heavy atom. The number of nitro benzene ring substituents is 1. The summed E-state index contributed by atoms with van der Waals surface area (Å²) in [7, 11) is 0. The van der Waals surface area contributed by atoms with Crippen molar-refractivity contribution in [2.45, 2.75) is 25.8 Å². The molecule has 0 bridgehead atoms. The van der Waals surface area contributed by atoms with Crippen molar-refractivity contribution in [3.05, 3.63) is 33.9 Å². The van der Waals surface area contributed by atoms with Gasteiger partial charge in [0.2, 0.25) is 0 Å². The first-order chi connectivity index (χ1) is 10.0.